The Hall–Kier alpha value is -0.294. The van der Waals surface area contributed by atoms with Crippen molar-refractivity contribution in [3.05, 3.63) is 0 Å². The van der Waals surface area contributed by atoms with Crippen molar-refractivity contribution in [3.8, 4) is 0 Å². The summed E-state index contributed by atoms with van der Waals surface area (Å²) in [5.41, 5.74) is 0. The maximum absolute atomic E-state index is 9.86. The van der Waals surface area contributed by atoms with E-state index in [0.29, 0.717) is 19.3 Å². The summed E-state index contributed by atoms with van der Waals surface area (Å²) in [7, 11) is 0. The summed E-state index contributed by atoms with van der Waals surface area (Å²) in [6, 6.07) is 0. The van der Waals surface area contributed by atoms with Crippen LogP contribution in [0.1, 0.15) is 32.1 Å². The van der Waals surface area contributed by atoms with Crippen LogP contribution in [0.3, 0.4) is 0 Å². The van der Waals surface area contributed by atoms with Gasteiger partial charge in [-0.15, -0.1) is 0 Å². The van der Waals surface area contributed by atoms with Gasteiger partial charge in [0.2, 0.25) is 0 Å². The third-order valence-electron chi connectivity index (χ3n) is 1.26. The van der Waals surface area contributed by atoms with E-state index < -0.39 is 11.9 Å². The Morgan fingerprint density at radius 3 is 1.42 bits per heavy atom. The van der Waals surface area contributed by atoms with Gasteiger partial charge in [0.25, 0.3) is 0 Å². The number of hydrogen-bond acceptors (Lipinski definition) is 4. The van der Waals surface area contributed by atoms with E-state index in [4.69, 9.17) is 0 Å². The molecule has 0 rings (SSSR count). The van der Waals surface area contributed by atoms with E-state index in [1.807, 2.05) is 0 Å². The second-order valence-corrected chi connectivity index (χ2v) is 2.30. The van der Waals surface area contributed by atoms with E-state index in [1.54, 1.807) is 0 Å². The summed E-state index contributed by atoms with van der Waals surface area (Å²) in [6.07, 6.45) is 1.58. The van der Waals surface area contributed by atoms with Crippen LogP contribution in [0, 0.1) is 0 Å². The van der Waals surface area contributed by atoms with Gasteiger partial charge >= 0.3 is 23.1 Å². The topological polar surface area (TPSA) is 80.3 Å². The second kappa shape index (κ2) is 8.80. The Bertz CT molecular complexity index is 130. The van der Waals surface area contributed by atoms with Crippen molar-refractivity contribution in [1.29, 1.82) is 0 Å². The zero-order valence-corrected chi connectivity index (χ0v) is 8.29. The Morgan fingerprint density at radius 1 is 0.833 bits per heavy atom. The average Bonchev–Trinajstić information content (AvgIpc) is 1.85. The van der Waals surface area contributed by atoms with Gasteiger partial charge in [-0.25, -0.2) is 0 Å². The summed E-state index contributed by atoms with van der Waals surface area (Å²) in [5, 5.41) is 19.7. The molecule has 0 aliphatic carbocycles. The van der Waals surface area contributed by atoms with Gasteiger partial charge in [0.1, 0.15) is 0 Å². The molecule has 0 amide bonds. The number of rotatable bonds is 6. The van der Waals surface area contributed by atoms with Crippen LogP contribution in [0.15, 0.2) is 0 Å². The number of carbonyl (C=O) groups excluding carboxylic acids is 2. The van der Waals surface area contributed by atoms with E-state index in [9.17, 15) is 19.8 Å². The Morgan fingerprint density at radius 2 is 1.17 bits per heavy atom. The predicted octanol–water partition coefficient (Wildman–Crippen LogP) is -1.94. The minimum Gasteiger partial charge on any atom is -0.550 e. The fraction of sp³-hybridized carbons (Fsp3) is 0.714. The molecule has 0 saturated heterocycles. The number of carbonyl (C=O) groups is 2. The van der Waals surface area contributed by atoms with Gasteiger partial charge in [-0.2, -0.15) is 0 Å². The molecular weight excluding hydrogens is 172 g/mol. The molecule has 4 nitrogen and oxygen atoms in total. The van der Waals surface area contributed by atoms with Gasteiger partial charge in [-0.1, -0.05) is 6.42 Å². The van der Waals surface area contributed by atoms with Crippen molar-refractivity contribution in [2.45, 2.75) is 32.1 Å². The summed E-state index contributed by atoms with van der Waals surface area (Å²) in [5.74, 6) is -2.17. The molecule has 0 aromatic carbocycles. The molecule has 0 aromatic rings. The van der Waals surface area contributed by atoms with E-state index in [2.05, 4.69) is 0 Å². The molecule has 0 N–H and O–H groups in total. The molecule has 0 spiro atoms. The zero-order valence-electron chi connectivity index (χ0n) is 6.88. The summed E-state index contributed by atoms with van der Waals surface area (Å²) < 4.78 is 0. The molecule has 64 valence electrons. The van der Waals surface area contributed by atoms with Gasteiger partial charge in [-0.3, -0.25) is 0 Å². The zero-order chi connectivity index (χ0) is 8.69. The van der Waals surface area contributed by atoms with Crippen LogP contribution in [0.4, 0.5) is 0 Å². The normalized spacial score (nSPS) is 8.67. The molecule has 12 heavy (non-hydrogen) atoms. The van der Waals surface area contributed by atoms with Gasteiger partial charge in [0.05, 0.1) is 0 Å². The minimum absolute atomic E-state index is 0. The first-order valence-electron chi connectivity index (χ1n) is 3.52. The standard InChI is InChI=1S/C7H12O4.Mg/c8-6(9)4-2-1-3-5-7(10)11;/h1-5H2,(H,8,9)(H,10,11);/q;+2/p-2. The number of hydrogen-bond donors (Lipinski definition) is 0. The van der Waals surface area contributed by atoms with Crippen molar-refractivity contribution in [3.63, 3.8) is 0 Å². The van der Waals surface area contributed by atoms with Crippen LogP contribution in [-0.2, 0) is 9.59 Å². The van der Waals surface area contributed by atoms with Crippen LogP contribution in [0.5, 0.6) is 0 Å². The summed E-state index contributed by atoms with van der Waals surface area (Å²) in [4.78, 5) is 19.7. The van der Waals surface area contributed by atoms with Crippen molar-refractivity contribution in [2.24, 2.45) is 0 Å². The number of unbranched alkanes of at least 4 members (excludes halogenated alkanes) is 2. The third-order valence-corrected chi connectivity index (χ3v) is 1.26. The summed E-state index contributed by atoms with van der Waals surface area (Å²) >= 11 is 0. The first-order valence-corrected chi connectivity index (χ1v) is 3.52. The quantitative estimate of drug-likeness (QED) is 0.353. The monoisotopic (exact) mass is 182 g/mol. The van der Waals surface area contributed by atoms with Crippen molar-refractivity contribution in [2.75, 3.05) is 0 Å². The fourth-order valence-electron chi connectivity index (χ4n) is 0.715. The minimum atomic E-state index is -1.08. The van der Waals surface area contributed by atoms with Crippen LogP contribution in [-0.4, -0.2) is 35.0 Å². The maximum atomic E-state index is 9.86. The molecule has 0 aliphatic heterocycles. The molecule has 0 saturated carbocycles. The average molecular weight is 182 g/mol. The molecule has 0 aliphatic rings. The Labute approximate surface area is 87.1 Å². The molecule has 0 atom stereocenters. The van der Waals surface area contributed by atoms with E-state index in [0.717, 1.165) is 0 Å². The van der Waals surface area contributed by atoms with Crippen molar-refractivity contribution < 1.29 is 19.8 Å². The van der Waals surface area contributed by atoms with E-state index in [-0.39, 0.29) is 35.9 Å². The van der Waals surface area contributed by atoms with E-state index in [1.165, 1.54) is 0 Å². The molecule has 0 unspecified atom stereocenters. The van der Waals surface area contributed by atoms with Crippen LogP contribution < -0.4 is 10.2 Å². The largest absolute Gasteiger partial charge is 2.00 e. The fourth-order valence-corrected chi connectivity index (χ4v) is 0.715. The molecule has 0 bridgehead atoms. The Balaban J connectivity index is 0. The molecule has 0 heterocycles. The third kappa shape index (κ3) is 12.4. The first-order chi connectivity index (χ1) is 5.13. The van der Waals surface area contributed by atoms with Crippen LogP contribution >= 0.6 is 0 Å². The first kappa shape index (κ1) is 14.2. The smallest absolute Gasteiger partial charge is 0.550 e. The molecule has 0 fully saturated rings. The van der Waals surface area contributed by atoms with Crippen LogP contribution in [0.2, 0.25) is 0 Å². The number of aliphatic carboxylic acids is 2. The maximum Gasteiger partial charge on any atom is 2.00 e. The van der Waals surface area contributed by atoms with Gasteiger partial charge in [0, 0.05) is 11.9 Å². The van der Waals surface area contributed by atoms with Crippen molar-refractivity contribution in [1.82, 2.24) is 0 Å². The van der Waals surface area contributed by atoms with Crippen molar-refractivity contribution >= 4 is 35.0 Å². The SMILES string of the molecule is O=C([O-])CCCCCC(=O)[O-].[Mg+2]. The van der Waals surface area contributed by atoms with Gasteiger partial charge < -0.3 is 19.8 Å². The molecule has 0 aromatic heterocycles. The van der Waals surface area contributed by atoms with Gasteiger partial charge in [0.15, 0.2) is 0 Å². The molecular formula is C7H10MgO4. The number of carboxylic acid groups (broad SMARTS) is 2. The van der Waals surface area contributed by atoms with Gasteiger partial charge in [-0.05, 0) is 25.7 Å². The Kier molecular flexibility index (Phi) is 10.4. The van der Waals surface area contributed by atoms with Crippen LogP contribution in [0.25, 0.3) is 0 Å². The summed E-state index contributed by atoms with van der Waals surface area (Å²) in [6.45, 7) is 0. The second-order valence-electron chi connectivity index (χ2n) is 2.30. The predicted molar refractivity (Wildman–Crippen MR) is 38.9 cm³/mol. The number of carboxylic acids is 2. The molecule has 0 radical (unpaired) electrons. The molecule has 5 heteroatoms. The van der Waals surface area contributed by atoms with E-state index >= 15 is 0 Å².